The first-order chi connectivity index (χ1) is 8.70. The van der Waals surface area contributed by atoms with E-state index in [-0.39, 0.29) is 12.6 Å². The molecule has 1 aliphatic rings. The summed E-state index contributed by atoms with van der Waals surface area (Å²) < 4.78 is 12.2. The Morgan fingerprint density at radius 2 is 2.17 bits per heavy atom. The number of ether oxygens (including phenoxy) is 2. The summed E-state index contributed by atoms with van der Waals surface area (Å²) in [6, 6.07) is 4.09. The minimum absolute atomic E-state index is 0.0831. The van der Waals surface area contributed by atoms with Crippen LogP contribution in [0.5, 0.6) is 11.5 Å². The van der Waals surface area contributed by atoms with Gasteiger partial charge in [-0.1, -0.05) is 0 Å². The third-order valence-electron chi connectivity index (χ3n) is 2.79. The lowest BCUT2D eigenvalue weighted by atomic mass is 10.2. The molecule has 1 unspecified atom stereocenters. The van der Waals surface area contributed by atoms with Gasteiger partial charge in [-0.25, -0.2) is 0 Å². The quantitative estimate of drug-likeness (QED) is 0.893. The molecule has 0 saturated carbocycles. The van der Waals surface area contributed by atoms with E-state index < -0.39 is 0 Å². The number of aliphatic hydroxyl groups excluding tert-OH is 1. The van der Waals surface area contributed by atoms with Crippen LogP contribution in [0.15, 0.2) is 16.6 Å². The van der Waals surface area contributed by atoms with Gasteiger partial charge in [-0.15, -0.1) is 0 Å². The molecule has 4 nitrogen and oxygen atoms in total. The van der Waals surface area contributed by atoms with Gasteiger partial charge in [0.15, 0.2) is 11.5 Å². The Morgan fingerprint density at radius 1 is 1.39 bits per heavy atom. The standard InChI is InChI=1S/C13H18BrNO3/c1-9(8-16)15-7-10-5-11(14)13-12(6-10)17-3-2-4-18-13/h5-6,9,15-16H,2-4,7-8H2,1H3. The van der Waals surface area contributed by atoms with Crippen LogP contribution in [0, 0.1) is 0 Å². The molecule has 0 radical (unpaired) electrons. The topological polar surface area (TPSA) is 50.7 Å². The van der Waals surface area contributed by atoms with E-state index in [4.69, 9.17) is 14.6 Å². The van der Waals surface area contributed by atoms with Crippen molar-refractivity contribution in [3.8, 4) is 11.5 Å². The fraction of sp³-hybridized carbons (Fsp3) is 0.538. The van der Waals surface area contributed by atoms with Crippen molar-refractivity contribution in [2.45, 2.75) is 25.9 Å². The lowest BCUT2D eigenvalue weighted by Crippen LogP contribution is -2.28. The minimum atomic E-state index is 0.0831. The molecule has 1 aromatic rings. The average Bonchev–Trinajstić information content (AvgIpc) is 2.61. The first kappa shape index (κ1) is 13.6. The molecule has 0 spiro atoms. The van der Waals surface area contributed by atoms with Gasteiger partial charge >= 0.3 is 0 Å². The van der Waals surface area contributed by atoms with E-state index >= 15 is 0 Å². The van der Waals surface area contributed by atoms with Gasteiger partial charge in [0.05, 0.1) is 24.3 Å². The average molecular weight is 316 g/mol. The highest BCUT2D eigenvalue weighted by molar-refractivity contribution is 9.10. The van der Waals surface area contributed by atoms with E-state index in [1.54, 1.807) is 0 Å². The van der Waals surface area contributed by atoms with E-state index in [2.05, 4.69) is 21.2 Å². The molecule has 5 heteroatoms. The number of hydrogen-bond donors (Lipinski definition) is 2. The summed E-state index contributed by atoms with van der Waals surface area (Å²) in [5.74, 6) is 1.57. The van der Waals surface area contributed by atoms with Crippen LogP contribution >= 0.6 is 15.9 Å². The van der Waals surface area contributed by atoms with Crippen LogP contribution < -0.4 is 14.8 Å². The van der Waals surface area contributed by atoms with Gasteiger partial charge in [-0.3, -0.25) is 0 Å². The molecule has 1 heterocycles. The van der Waals surface area contributed by atoms with Crippen molar-refractivity contribution < 1.29 is 14.6 Å². The molecule has 0 bridgehead atoms. The maximum Gasteiger partial charge on any atom is 0.175 e. The van der Waals surface area contributed by atoms with Crippen LogP contribution in [0.4, 0.5) is 0 Å². The second-order valence-corrected chi connectivity index (χ2v) is 5.27. The normalized spacial score (nSPS) is 16.2. The summed E-state index contributed by atoms with van der Waals surface area (Å²) in [6.07, 6.45) is 0.899. The maximum absolute atomic E-state index is 8.98. The van der Waals surface area contributed by atoms with Crippen LogP contribution in [-0.2, 0) is 6.54 Å². The zero-order valence-corrected chi connectivity index (χ0v) is 12.0. The van der Waals surface area contributed by atoms with Crippen molar-refractivity contribution in [2.75, 3.05) is 19.8 Å². The largest absolute Gasteiger partial charge is 0.490 e. The third-order valence-corrected chi connectivity index (χ3v) is 3.38. The molecule has 1 aromatic carbocycles. The zero-order chi connectivity index (χ0) is 13.0. The van der Waals surface area contributed by atoms with Crippen LogP contribution in [0.2, 0.25) is 0 Å². The van der Waals surface area contributed by atoms with Crippen molar-refractivity contribution in [1.29, 1.82) is 0 Å². The van der Waals surface area contributed by atoms with Crippen molar-refractivity contribution in [3.63, 3.8) is 0 Å². The predicted octanol–water partition coefficient (Wildman–Crippen LogP) is 2.08. The van der Waals surface area contributed by atoms with E-state index in [0.29, 0.717) is 19.8 Å². The van der Waals surface area contributed by atoms with Crippen LogP contribution in [0.1, 0.15) is 18.9 Å². The number of benzene rings is 1. The first-order valence-corrected chi connectivity index (χ1v) is 6.92. The van der Waals surface area contributed by atoms with E-state index in [1.807, 2.05) is 19.1 Å². The number of hydrogen-bond acceptors (Lipinski definition) is 4. The highest BCUT2D eigenvalue weighted by atomic mass is 79.9. The molecule has 0 aliphatic carbocycles. The van der Waals surface area contributed by atoms with E-state index in [1.165, 1.54) is 0 Å². The van der Waals surface area contributed by atoms with Crippen LogP contribution in [0.3, 0.4) is 0 Å². The molecule has 18 heavy (non-hydrogen) atoms. The summed E-state index contributed by atoms with van der Waals surface area (Å²) in [6.45, 7) is 4.13. The zero-order valence-electron chi connectivity index (χ0n) is 10.4. The van der Waals surface area contributed by atoms with Gasteiger partial charge < -0.3 is 19.9 Å². The summed E-state index contributed by atoms with van der Waals surface area (Å²) in [5.41, 5.74) is 1.10. The number of halogens is 1. The van der Waals surface area contributed by atoms with Crippen molar-refractivity contribution in [2.24, 2.45) is 0 Å². The predicted molar refractivity (Wildman–Crippen MR) is 73.1 cm³/mol. The van der Waals surface area contributed by atoms with Gasteiger partial charge in [0, 0.05) is 19.0 Å². The minimum Gasteiger partial charge on any atom is -0.490 e. The Hall–Kier alpha value is -0.780. The second kappa shape index (κ2) is 6.41. The molecule has 0 saturated heterocycles. The molecule has 0 aromatic heterocycles. The molecule has 100 valence electrons. The number of rotatable bonds is 4. The molecular formula is C13H18BrNO3. The van der Waals surface area contributed by atoms with Crippen molar-refractivity contribution in [1.82, 2.24) is 5.32 Å². The monoisotopic (exact) mass is 315 g/mol. The molecule has 0 amide bonds. The summed E-state index contributed by atoms with van der Waals surface area (Å²) in [7, 11) is 0. The van der Waals surface area contributed by atoms with Crippen molar-refractivity contribution in [3.05, 3.63) is 22.2 Å². The number of nitrogens with one attached hydrogen (secondary N) is 1. The Bertz CT molecular complexity index is 411. The van der Waals surface area contributed by atoms with Gasteiger partial charge in [-0.05, 0) is 40.5 Å². The Kier molecular flexibility index (Phi) is 4.86. The fourth-order valence-corrected chi connectivity index (χ4v) is 2.35. The lowest BCUT2D eigenvalue weighted by Gasteiger charge is -2.14. The molecule has 2 rings (SSSR count). The van der Waals surface area contributed by atoms with Crippen LogP contribution in [0.25, 0.3) is 0 Å². The summed E-state index contributed by atoms with van der Waals surface area (Å²) in [4.78, 5) is 0. The van der Waals surface area contributed by atoms with Gasteiger partial charge in [0.2, 0.25) is 0 Å². The Morgan fingerprint density at radius 3 is 2.94 bits per heavy atom. The van der Waals surface area contributed by atoms with Gasteiger partial charge in [0.1, 0.15) is 0 Å². The van der Waals surface area contributed by atoms with E-state index in [9.17, 15) is 0 Å². The molecule has 1 atom stereocenters. The molecule has 2 N–H and O–H groups in total. The summed E-state index contributed by atoms with van der Waals surface area (Å²) >= 11 is 3.51. The van der Waals surface area contributed by atoms with Gasteiger partial charge in [-0.2, -0.15) is 0 Å². The SMILES string of the molecule is CC(CO)NCc1cc(Br)c2c(c1)OCCCO2. The van der Waals surface area contributed by atoms with Crippen molar-refractivity contribution >= 4 is 15.9 Å². The molecular weight excluding hydrogens is 298 g/mol. The van der Waals surface area contributed by atoms with E-state index in [0.717, 1.165) is 28.0 Å². The molecule has 0 fully saturated rings. The summed E-state index contributed by atoms with van der Waals surface area (Å²) in [5, 5.41) is 12.2. The fourth-order valence-electron chi connectivity index (χ4n) is 1.74. The lowest BCUT2D eigenvalue weighted by molar-refractivity contribution is 0.251. The smallest absolute Gasteiger partial charge is 0.175 e. The maximum atomic E-state index is 8.98. The first-order valence-electron chi connectivity index (χ1n) is 6.13. The highest BCUT2D eigenvalue weighted by Crippen LogP contribution is 2.38. The third kappa shape index (κ3) is 3.37. The Balaban J connectivity index is 2.13. The second-order valence-electron chi connectivity index (χ2n) is 4.42. The highest BCUT2D eigenvalue weighted by Gasteiger charge is 2.15. The number of fused-ring (bicyclic) bond motifs is 1. The van der Waals surface area contributed by atoms with Crippen LogP contribution in [-0.4, -0.2) is 31.0 Å². The molecule has 1 aliphatic heterocycles. The number of aliphatic hydroxyl groups is 1. The Labute approximate surface area is 115 Å². The van der Waals surface area contributed by atoms with Gasteiger partial charge in [0.25, 0.3) is 0 Å².